The first-order valence-electron chi connectivity index (χ1n) is 5.33. The number of hydrogen-bond donors (Lipinski definition) is 1. The molecular formula is C12H10ClN3O2. The number of imide groups is 1. The monoisotopic (exact) mass is 263 g/mol. The van der Waals surface area contributed by atoms with Crippen LogP contribution in [0.5, 0.6) is 0 Å². The topological polar surface area (TPSA) is 82.8 Å². The fourth-order valence-electron chi connectivity index (χ4n) is 2.16. The van der Waals surface area contributed by atoms with Crippen LogP contribution in [-0.4, -0.2) is 16.8 Å². The standard InChI is InChI=1S/C12H10ClN3O2/c1-12(7-2-3-9(13)15-6-7)4-10(17)16-11(18)8(12)5-14/h2-3,6,8H,4H2,1H3,(H,16,17,18). The van der Waals surface area contributed by atoms with Gasteiger partial charge in [0.15, 0.2) is 0 Å². The molecule has 2 heterocycles. The lowest BCUT2D eigenvalue weighted by atomic mass is 9.68. The summed E-state index contributed by atoms with van der Waals surface area (Å²) in [5, 5.41) is 11.6. The van der Waals surface area contributed by atoms with Crippen LogP contribution >= 0.6 is 11.6 Å². The third kappa shape index (κ3) is 1.95. The van der Waals surface area contributed by atoms with Gasteiger partial charge in [0, 0.05) is 18.0 Å². The van der Waals surface area contributed by atoms with Gasteiger partial charge in [0.1, 0.15) is 11.1 Å². The Labute approximate surface area is 109 Å². The molecule has 18 heavy (non-hydrogen) atoms. The SMILES string of the molecule is CC1(c2ccc(Cl)nc2)CC(=O)NC(=O)C1C#N. The first-order chi connectivity index (χ1) is 8.47. The van der Waals surface area contributed by atoms with Crippen molar-refractivity contribution in [3.63, 3.8) is 0 Å². The maximum absolute atomic E-state index is 11.7. The van der Waals surface area contributed by atoms with Gasteiger partial charge in [0.05, 0.1) is 6.07 Å². The van der Waals surface area contributed by atoms with Gasteiger partial charge in [-0.3, -0.25) is 14.9 Å². The molecule has 0 aliphatic carbocycles. The third-order valence-electron chi connectivity index (χ3n) is 3.21. The number of nitrogens with zero attached hydrogens (tertiary/aromatic N) is 2. The van der Waals surface area contributed by atoms with Gasteiger partial charge in [-0.25, -0.2) is 4.98 Å². The zero-order valence-corrected chi connectivity index (χ0v) is 10.4. The molecule has 1 aliphatic heterocycles. The number of nitriles is 1. The quantitative estimate of drug-likeness (QED) is 0.609. The third-order valence-corrected chi connectivity index (χ3v) is 3.43. The van der Waals surface area contributed by atoms with Crippen LogP contribution in [0.3, 0.4) is 0 Å². The van der Waals surface area contributed by atoms with Crippen molar-refractivity contribution in [1.82, 2.24) is 10.3 Å². The van der Waals surface area contributed by atoms with E-state index in [1.165, 1.54) is 6.20 Å². The highest BCUT2D eigenvalue weighted by Crippen LogP contribution is 2.37. The fraction of sp³-hybridized carbons (Fsp3) is 0.333. The number of carbonyl (C=O) groups is 2. The van der Waals surface area contributed by atoms with Gasteiger partial charge in [-0.15, -0.1) is 0 Å². The number of carbonyl (C=O) groups excluding carboxylic acids is 2. The molecule has 1 saturated heterocycles. The largest absolute Gasteiger partial charge is 0.295 e. The van der Waals surface area contributed by atoms with Gasteiger partial charge in [0.25, 0.3) is 0 Å². The highest BCUT2D eigenvalue weighted by atomic mass is 35.5. The molecule has 2 rings (SSSR count). The van der Waals surface area contributed by atoms with Gasteiger partial charge < -0.3 is 0 Å². The van der Waals surface area contributed by atoms with Gasteiger partial charge in [-0.2, -0.15) is 5.26 Å². The second-order valence-electron chi connectivity index (χ2n) is 4.44. The van der Waals surface area contributed by atoms with Crippen molar-refractivity contribution in [2.75, 3.05) is 0 Å². The highest BCUT2D eigenvalue weighted by molar-refractivity contribution is 6.29. The molecule has 1 N–H and O–H groups in total. The van der Waals surface area contributed by atoms with Crippen molar-refractivity contribution in [2.45, 2.75) is 18.8 Å². The van der Waals surface area contributed by atoms with Gasteiger partial charge in [0.2, 0.25) is 11.8 Å². The Morgan fingerprint density at radius 3 is 2.83 bits per heavy atom. The molecule has 0 spiro atoms. The lowest BCUT2D eigenvalue weighted by Crippen LogP contribution is -2.52. The Hall–Kier alpha value is -1.93. The van der Waals surface area contributed by atoms with Crippen molar-refractivity contribution in [3.05, 3.63) is 29.0 Å². The van der Waals surface area contributed by atoms with E-state index in [4.69, 9.17) is 16.9 Å². The predicted octanol–water partition coefficient (Wildman–Crippen LogP) is 1.18. The van der Waals surface area contributed by atoms with Crippen LogP contribution in [0.4, 0.5) is 0 Å². The average molecular weight is 264 g/mol. The number of nitrogens with one attached hydrogen (secondary N) is 1. The maximum atomic E-state index is 11.7. The van der Waals surface area contributed by atoms with E-state index < -0.39 is 17.2 Å². The van der Waals surface area contributed by atoms with E-state index in [0.717, 1.165) is 0 Å². The van der Waals surface area contributed by atoms with E-state index >= 15 is 0 Å². The summed E-state index contributed by atoms with van der Waals surface area (Å²) < 4.78 is 0. The summed E-state index contributed by atoms with van der Waals surface area (Å²) in [4.78, 5) is 27.1. The predicted molar refractivity (Wildman–Crippen MR) is 63.5 cm³/mol. The lowest BCUT2D eigenvalue weighted by Gasteiger charge is -2.36. The van der Waals surface area contributed by atoms with Gasteiger partial charge >= 0.3 is 0 Å². The molecule has 2 atom stereocenters. The van der Waals surface area contributed by atoms with E-state index in [9.17, 15) is 9.59 Å². The Bertz CT molecular complexity index is 549. The van der Waals surface area contributed by atoms with Crippen molar-refractivity contribution in [2.24, 2.45) is 5.92 Å². The number of halogens is 1. The molecule has 5 nitrogen and oxygen atoms in total. The molecule has 2 amide bonds. The molecule has 1 fully saturated rings. The second-order valence-corrected chi connectivity index (χ2v) is 4.83. The molecule has 0 radical (unpaired) electrons. The fourth-order valence-corrected chi connectivity index (χ4v) is 2.27. The Balaban J connectivity index is 2.49. The summed E-state index contributed by atoms with van der Waals surface area (Å²) >= 11 is 5.70. The van der Waals surface area contributed by atoms with Crippen molar-refractivity contribution < 1.29 is 9.59 Å². The second kappa shape index (κ2) is 4.39. The number of piperidine rings is 1. The van der Waals surface area contributed by atoms with Crippen LogP contribution in [0.15, 0.2) is 18.3 Å². The van der Waals surface area contributed by atoms with Gasteiger partial charge in [-0.1, -0.05) is 24.6 Å². The Morgan fingerprint density at radius 2 is 2.28 bits per heavy atom. The summed E-state index contributed by atoms with van der Waals surface area (Å²) in [5.74, 6) is -1.87. The van der Waals surface area contributed by atoms with E-state index in [1.54, 1.807) is 19.1 Å². The zero-order chi connectivity index (χ0) is 13.3. The van der Waals surface area contributed by atoms with Crippen LogP contribution in [0.1, 0.15) is 18.9 Å². The van der Waals surface area contributed by atoms with Crippen LogP contribution in [0.25, 0.3) is 0 Å². The first-order valence-corrected chi connectivity index (χ1v) is 5.70. The normalized spacial score (nSPS) is 27.5. The summed E-state index contributed by atoms with van der Waals surface area (Å²) in [5.41, 5.74) is -0.215. The first kappa shape index (κ1) is 12.5. The summed E-state index contributed by atoms with van der Waals surface area (Å²) in [6.07, 6.45) is 1.57. The molecular weight excluding hydrogens is 254 g/mol. The zero-order valence-electron chi connectivity index (χ0n) is 9.61. The number of aromatic nitrogens is 1. The minimum atomic E-state index is -0.918. The van der Waals surface area contributed by atoms with Crippen molar-refractivity contribution in [1.29, 1.82) is 5.26 Å². The molecule has 1 aromatic rings. The number of amides is 2. The summed E-state index contributed by atoms with van der Waals surface area (Å²) in [6.45, 7) is 1.71. The van der Waals surface area contributed by atoms with Crippen molar-refractivity contribution >= 4 is 23.4 Å². The Kier molecular flexibility index (Phi) is 3.05. The van der Waals surface area contributed by atoms with Crippen molar-refractivity contribution in [3.8, 4) is 6.07 Å². The van der Waals surface area contributed by atoms with Crippen LogP contribution in [0.2, 0.25) is 5.15 Å². The smallest absolute Gasteiger partial charge is 0.244 e. The number of rotatable bonds is 1. The van der Waals surface area contributed by atoms with Gasteiger partial charge in [-0.05, 0) is 11.6 Å². The molecule has 2 unspecified atom stereocenters. The maximum Gasteiger partial charge on any atom is 0.244 e. The van der Waals surface area contributed by atoms with Crippen LogP contribution in [-0.2, 0) is 15.0 Å². The molecule has 0 bridgehead atoms. The van der Waals surface area contributed by atoms with E-state index in [1.807, 2.05) is 6.07 Å². The number of pyridine rings is 1. The molecule has 1 aliphatic rings. The molecule has 1 aromatic heterocycles. The van der Waals surface area contributed by atoms with E-state index in [2.05, 4.69) is 10.3 Å². The number of hydrogen-bond acceptors (Lipinski definition) is 4. The van der Waals surface area contributed by atoms with Crippen LogP contribution in [0, 0.1) is 17.2 Å². The minimum Gasteiger partial charge on any atom is -0.295 e. The summed E-state index contributed by atoms with van der Waals surface area (Å²) in [6, 6.07) is 5.22. The molecule has 92 valence electrons. The highest BCUT2D eigenvalue weighted by Gasteiger charge is 2.47. The average Bonchev–Trinajstić information content (AvgIpc) is 2.28. The molecule has 0 aromatic carbocycles. The molecule has 6 heteroatoms. The van der Waals surface area contributed by atoms with E-state index in [-0.39, 0.29) is 12.3 Å². The van der Waals surface area contributed by atoms with Crippen LogP contribution < -0.4 is 5.32 Å². The Morgan fingerprint density at radius 1 is 1.56 bits per heavy atom. The van der Waals surface area contributed by atoms with E-state index in [0.29, 0.717) is 10.7 Å². The lowest BCUT2D eigenvalue weighted by molar-refractivity contribution is -0.137. The molecule has 0 saturated carbocycles. The summed E-state index contributed by atoms with van der Waals surface area (Å²) in [7, 11) is 0. The minimum absolute atomic E-state index is 0.0697.